The van der Waals surface area contributed by atoms with Gasteiger partial charge >= 0.3 is 0 Å². The van der Waals surface area contributed by atoms with Gasteiger partial charge in [0, 0.05) is 18.8 Å². The summed E-state index contributed by atoms with van der Waals surface area (Å²) >= 11 is 0. The molecule has 3 rings (SSSR count). The lowest BCUT2D eigenvalue weighted by Gasteiger charge is -2.23. The molecule has 0 radical (unpaired) electrons. The average molecular weight is 258 g/mol. The van der Waals surface area contributed by atoms with Gasteiger partial charge in [-0.15, -0.1) is 0 Å². The molecular weight excluding hydrogens is 236 g/mol. The number of nitrogens with two attached hydrogens (primary N) is 1. The molecule has 0 amide bonds. The van der Waals surface area contributed by atoms with Gasteiger partial charge < -0.3 is 10.6 Å². The lowest BCUT2D eigenvalue weighted by molar-refractivity contribution is 0.494. The molecule has 102 valence electrons. The molecule has 4 heteroatoms. The Bertz CT molecular complexity index is 511. The van der Waals surface area contributed by atoms with E-state index < -0.39 is 0 Å². The van der Waals surface area contributed by atoms with E-state index in [1.54, 1.807) is 0 Å². The third-order valence-electron chi connectivity index (χ3n) is 4.62. The van der Waals surface area contributed by atoms with Crippen LogP contribution in [0.4, 0.5) is 5.82 Å². The average Bonchev–Trinajstić information content (AvgIpc) is 2.86. The molecule has 2 heterocycles. The molecule has 1 saturated heterocycles. The highest BCUT2D eigenvalue weighted by atomic mass is 15.2. The fourth-order valence-electron chi connectivity index (χ4n) is 3.79. The van der Waals surface area contributed by atoms with Gasteiger partial charge in [-0.1, -0.05) is 6.42 Å². The van der Waals surface area contributed by atoms with E-state index in [0.29, 0.717) is 0 Å². The van der Waals surface area contributed by atoms with Crippen molar-refractivity contribution < 1.29 is 0 Å². The summed E-state index contributed by atoms with van der Waals surface area (Å²) in [6.07, 6.45) is 4.08. The summed E-state index contributed by atoms with van der Waals surface area (Å²) in [6, 6.07) is 2.01. The van der Waals surface area contributed by atoms with Crippen molar-refractivity contribution in [3.05, 3.63) is 22.9 Å². The predicted octanol–water partition coefficient (Wildman–Crippen LogP) is 2.22. The van der Waals surface area contributed by atoms with Crippen LogP contribution >= 0.6 is 0 Å². The summed E-state index contributed by atoms with van der Waals surface area (Å²) in [7, 11) is 0. The normalized spacial score (nSPS) is 25.7. The first-order valence-electron chi connectivity index (χ1n) is 7.14. The zero-order chi connectivity index (χ0) is 13.6. The number of rotatable bonds is 2. The maximum Gasteiger partial charge on any atom is 0.140 e. The Morgan fingerprint density at radius 2 is 1.95 bits per heavy atom. The van der Waals surface area contributed by atoms with Crippen molar-refractivity contribution in [2.75, 3.05) is 18.0 Å². The van der Waals surface area contributed by atoms with Gasteiger partial charge in [0.15, 0.2) is 0 Å². The van der Waals surface area contributed by atoms with E-state index in [4.69, 9.17) is 11.1 Å². The Balaban J connectivity index is 1.98. The first-order chi connectivity index (χ1) is 9.06. The van der Waals surface area contributed by atoms with E-state index >= 15 is 0 Å². The predicted molar refractivity (Wildman–Crippen MR) is 77.8 cm³/mol. The smallest absolute Gasteiger partial charge is 0.140 e. The second-order valence-electron chi connectivity index (χ2n) is 6.05. The molecule has 0 aromatic carbocycles. The van der Waals surface area contributed by atoms with Crippen LogP contribution in [0.15, 0.2) is 6.07 Å². The van der Waals surface area contributed by atoms with Crippen molar-refractivity contribution in [2.45, 2.75) is 33.1 Å². The summed E-state index contributed by atoms with van der Waals surface area (Å²) in [5, 5.41) is 7.82. The highest BCUT2D eigenvalue weighted by molar-refractivity contribution is 6.01. The SMILES string of the molecule is Cc1cc(C)c(C(=N)N)c(N2CC3CCCC3C2)n1. The number of aryl methyl sites for hydroxylation is 2. The van der Waals surface area contributed by atoms with Gasteiger partial charge in [0.25, 0.3) is 0 Å². The first kappa shape index (κ1) is 12.5. The molecule has 1 aliphatic carbocycles. The van der Waals surface area contributed by atoms with Crippen LogP contribution in [0.1, 0.15) is 36.1 Å². The molecule has 0 spiro atoms. The van der Waals surface area contributed by atoms with E-state index in [9.17, 15) is 0 Å². The lowest BCUT2D eigenvalue weighted by Crippen LogP contribution is -2.27. The van der Waals surface area contributed by atoms with Crippen molar-refractivity contribution in [1.29, 1.82) is 5.41 Å². The zero-order valence-corrected chi connectivity index (χ0v) is 11.7. The molecule has 1 aromatic rings. The topological polar surface area (TPSA) is 66.0 Å². The van der Waals surface area contributed by atoms with E-state index in [1.807, 2.05) is 19.9 Å². The van der Waals surface area contributed by atoms with Crippen LogP contribution in [-0.4, -0.2) is 23.9 Å². The van der Waals surface area contributed by atoms with Crippen molar-refractivity contribution >= 4 is 11.7 Å². The third kappa shape index (κ3) is 2.09. The summed E-state index contributed by atoms with van der Waals surface area (Å²) in [5.74, 6) is 2.71. The molecule has 0 bridgehead atoms. The molecule has 2 aliphatic rings. The highest BCUT2D eigenvalue weighted by Crippen LogP contribution is 2.40. The largest absolute Gasteiger partial charge is 0.384 e. The van der Waals surface area contributed by atoms with Crippen LogP contribution in [0.25, 0.3) is 0 Å². The minimum absolute atomic E-state index is 0.136. The van der Waals surface area contributed by atoms with Crippen LogP contribution in [0.2, 0.25) is 0 Å². The molecule has 2 unspecified atom stereocenters. The summed E-state index contributed by atoms with van der Waals surface area (Å²) in [6.45, 7) is 6.20. The van der Waals surface area contributed by atoms with Gasteiger partial charge in [-0.05, 0) is 50.2 Å². The number of amidine groups is 1. The minimum Gasteiger partial charge on any atom is -0.384 e. The summed E-state index contributed by atoms with van der Waals surface area (Å²) in [4.78, 5) is 7.02. The van der Waals surface area contributed by atoms with E-state index in [1.165, 1.54) is 19.3 Å². The first-order valence-corrected chi connectivity index (χ1v) is 7.14. The second-order valence-corrected chi connectivity index (χ2v) is 6.05. The van der Waals surface area contributed by atoms with Crippen LogP contribution in [-0.2, 0) is 0 Å². The van der Waals surface area contributed by atoms with E-state index in [-0.39, 0.29) is 5.84 Å². The number of hydrogen-bond acceptors (Lipinski definition) is 3. The standard InChI is InChI=1S/C15H22N4/c1-9-6-10(2)18-15(13(9)14(16)17)19-7-11-4-3-5-12(11)8-19/h6,11-12H,3-5,7-8H2,1-2H3,(H3,16,17). The van der Waals surface area contributed by atoms with Gasteiger partial charge in [-0.25, -0.2) is 4.98 Å². The number of fused-ring (bicyclic) bond motifs is 1. The highest BCUT2D eigenvalue weighted by Gasteiger charge is 2.37. The Hall–Kier alpha value is -1.58. The molecule has 1 aliphatic heterocycles. The maximum absolute atomic E-state index is 7.82. The van der Waals surface area contributed by atoms with Crippen LogP contribution in [0, 0.1) is 31.1 Å². The van der Waals surface area contributed by atoms with Crippen LogP contribution in [0.3, 0.4) is 0 Å². The van der Waals surface area contributed by atoms with Crippen molar-refractivity contribution in [2.24, 2.45) is 17.6 Å². The minimum atomic E-state index is 0.136. The molecule has 1 saturated carbocycles. The van der Waals surface area contributed by atoms with Gasteiger partial charge in [-0.3, -0.25) is 5.41 Å². The fourth-order valence-corrected chi connectivity index (χ4v) is 3.79. The Morgan fingerprint density at radius 3 is 2.53 bits per heavy atom. The Kier molecular flexibility index (Phi) is 2.96. The van der Waals surface area contributed by atoms with E-state index in [2.05, 4.69) is 9.88 Å². The second kappa shape index (κ2) is 4.51. The van der Waals surface area contributed by atoms with Crippen molar-refractivity contribution in [3.63, 3.8) is 0 Å². The lowest BCUT2D eigenvalue weighted by atomic mass is 10.0. The van der Waals surface area contributed by atoms with Gasteiger partial charge in [0.1, 0.15) is 11.7 Å². The number of anilines is 1. The number of nitrogen functional groups attached to an aromatic ring is 1. The Morgan fingerprint density at radius 1 is 1.32 bits per heavy atom. The molecule has 4 nitrogen and oxygen atoms in total. The van der Waals surface area contributed by atoms with Crippen LogP contribution < -0.4 is 10.6 Å². The number of nitrogens with zero attached hydrogens (tertiary/aromatic N) is 2. The quantitative estimate of drug-likeness (QED) is 0.631. The van der Waals surface area contributed by atoms with Crippen molar-refractivity contribution in [1.82, 2.24) is 4.98 Å². The number of nitrogens with one attached hydrogen (secondary N) is 1. The zero-order valence-electron chi connectivity index (χ0n) is 11.7. The van der Waals surface area contributed by atoms with Gasteiger partial charge in [-0.2, -0.15) is 0 Å². The number of hydrogen-bond donors (Lipinski definition) is 2. The molecule has 19 heavy (non-hydrogen) atoms. The van der Waals surface area contributed by atoms with Gasteiger partial charge in [0.05, 0.1) is 5.56 Å². The summed E-state index contributed by atoms with van der Waals surface area (Å²) < 4.78 is 0. The fraction of sp³-hybridized carbons (Fsp3) is 0.600. The van der Waals surface area contributed by atoms with E-state index in [0.717, 1.165) is 47.6 Å². The third-order valence-corrected chi connectivity index (χ3v) is 4.62. The molecule has 1 aromatic heterocycles. The molecule has 3 N–H and O–H groups in total. The molecule has 2 atom stereocenters. The Labute approximate surface area is 114 Å². The van der Waals surface area contributed by atoms with Gasteiger partial charge in [0.2, 0.25) is 0 Å². The molecular formula is C15H22N4. The molecule has 2 fully saturated rings. The van der Waals surface area contributed by atoms with Crippen molar-refractivity contribution in [3.8, 4) is 0 Å². The summed E-state index contributed by atoms with van der Waals surface area (Å²) in [5.41, 5.74) is 8.66. The number of aromatic nitrogens is 1. The number of pyridine rings is 1. The monoisotopic (exact) mass is 258 g/mol. The van der Waals surface area contributed by atoms with Crippen LogP contribution in [0.5, 0.6) is 0 Å². The maximum atomic E-state index is 7.82.